The largest absolute Gasteiger partial charge is 0.399 e. The van der Waals surface area contributed by atoms with Crippen LogP contribution in [0, 0.1) is 11.6 Å². The first-order valence-electron chi connectivity index (χ1n) is 6.09. The molecule has 104 valence electrons. The third-order valence-corrected chi connectivity index (χ3v) is 2.95. The van der Waals surface area contributed by atoms with Gasteiger partial charge in [0.1, 0.15) is 11.6 Å². The van der Waals surface area contributed by atoms with Gasteiger partial charge in [-0.2, -0.15) is 0 Å². The molecule has 3 nitrogen and oxygen atoms in total. The van der Waals surface area contributed by atoms with Gasteiger partial charge >= 0.3 is 0 Å². The van der Waals surface area contributed by atoms with E-state index in [2.05, 4.69) is 5.32 Å². The molecule has 3 N–H and O–H groups in total. The fourth-order valence-electron chi connectivity index (χ4n) is 1.91. The Kier molecular flexibility index (Phi) is 3.98. The Bertz CT molecular complexity index is 606. The van der Waals surface area contributed by atoms with Crippen molar-refractivity contribution in [1.29, 1.82) is 0 Å². The summed E-state index contributed by atoms with van der Waals surface area (Å²) in [6.45, 7) is 1.52. The number of carbonyl (C=O) groups is 1. The summed E-state index contributed by atoms with van der Waals surface area (Å²) >= 11 is 0. The van der Waals surface area contributed by atoms with Crippen LogP contribution >= 0.6 is 0 Å². The number of anilines is 1. The minimum absolute atomic E-state index is 0.156. The molecule has 2 aromatic rings. The molecule has 0 fully saturated rings. The first-order valence-corrected chi connectivity index (χ1v) is 6.09. The predicted molar refractivity (Wildman–Crippen MR) is 73.1 cm³/mol. The molecule has 0 bridgehead atoms. The van der Waals surface area contributed by atoms with Crippen LogP contribution in [0.4, 0.5) is 14.5 Å². The molecule has 1 unspecified atom stereocenters. The standard InChI is InChI=1S/C15H14F2N2O/c1-9(14-12(16)3-2-4-13(14)17)19-15(20)10-5-7-11(18)8-6-10/h2-9H,18H2,1H3,(H,19,20). The molecule has 0 saturated carbocycles. The highest BCUT2D eigenvalue weighted by Crippen LogP contribution is 2.20. The first kappa shape index (κ1) is 14.0. The summed E-state index contributed by atoms with van der Waals surface area (Å²) in [6, 6.07) is 9.09. The maximum atomic E-state index is 13.6. The molecule has 0 aromatic heterocycles. The first-order chi connectivity index (χ1) is 9.49. The molecule has 20 heavy (non-hydrogen) atoms. The average molecular weight is 276 g/mol. The van der Waals surface area contributed by atoms with E-state index in [1.807, 2.05) is 0 Å². The topological polar surface area (TPSA) is 55.1 Å². The molecule has 0 saturated heterocycles. The van der Waals surface area contributed by atoms with E-state index in [9.17, 15) is 13.6 Å². The molecule has 2 rings (SSSR count). The van der Waals surface area contributed by atoms with E-state index in [0.717, 1.165) is 12.1 Å². The van der Waals surface area contributed by atoms with E-state index in [1.165, 1.54) is 13.0 Å². The molecule has 1 atom stereocenters. The molecule has 0 aliphatic heterocycles. The minimum atomic E-state index is -0.777. The Labute approximate surface area is 115 Å². The number of nitrogens with one attached hydrogen (secondary N) is 1. The monoisotopic (exact) mass is 276 g/mol. The summed E-state index contributed by atoms with van der Waals surface area (Å²) in [5.41, 5.74) is 6.29. The van der Waals surface area contributed by atoms with Crippen molar-refractivity contribution in [1.82, 2.24) is 5.32 Å². The van der Waals surface area contributed by atoms with Crippen LogP contribution in [0.25, 0.3) is 0 Å². The summed E-state index contributed by atoms with van der Waals surface area (Å²) in [7, 11) is 0. The molecule has 0 spiro atoms. The van der Waals surface area contributed by atoms with Crippen LogP contribution in [0.1, 0.15) is 28.9 Å². The van der Waals surface area contributed by atoms with Gasteiger partial charge in [-0.1, -0.05) is 6.07 Å². The SMILES string of the molecule is CC(NC(=O)c1ccc(N)cc1)c1c(F)cccc1F. The lowest BCUT2D eigenvalue weighted by Crippen LogP contribution is -2.27. The van der Waals surface area contributed by atoms with Gasteiger partial charge in [0, 0.05) is 16.8 Å². The van der Waals surface area contributed by atoms with E-state index >= 15 is 0 Å². The van der Waals surface area contributed by atoms with Gasteiger partial charge in [-0.3, -0.25) is 4.79 Å². The summed E-state index contributed by atoms with van der Waals surface area (Å²) in [5, 5.41) is 2.55. The van der Waals surface area contributed by atoms with Gasteiger partial charge in [0.2, 0.25) is 0 Å². The zero-order chi connectivity index (χ0) is 14.7. The second kappa shape index (κ2) is 5.69. The second-order valence-corrected chi connectivity index (χ2v) is 4.45. The lowest BCUT2D eigenvalue weighted by molar-refractivity contribution is 0.0939. The van der Waals surface area contributed by atoms with Gasteiger partial charge in [-0.15, -0.1) is 0 Å². The number of benzene rings is 2. The second-order valence-electron chi connectivity index (χ2n) is 4.45. The van der Waals surface area contributed by atoms with Crippen LogP contribution in [-0.4, -0.2) is 5.91 Å². The fourth-order valence-corrected chi connectivity index (χ4v) is 1.91. The molecule has 0 heterocycles. The highest BCUT2D eigenvalue weighted by molar-refractivity contribution is 5.94. The van der Waals surface area contributed by atoms with Crippen molar-refractivity contribution in [2.45, 2.75) is 13.0 Å². The maximum Gasteiger partial charge on any atom is 0.251 e. The van der Waals surface area contributed by atoms with Crippen LogP contribution in [-0.2, 0) is 0 Å². The van der Waals surface area contributed by atoms with Gasteiger partial charge in [0.15, 0.2) is 0 Å². The van der Waals surface area contributed by atoms with Crippen LogP contribution in [0.3, 0.4) is 0 Å². The number of hydrogen-bond donors (Lipinski definition) is 2. The van der Waals surface area contributed by atoms with Crippen LogP contribution < -0.4 is 11.1 Å². The highest BCUT2D eigenvalue weighted by Gasteiger charge is 2.18. The fraction of sp³-hybridized carbons (Fsp3) is 0.133. The number of amides is 1. The Balaban J connectivity index is 2.17. The zero-order valence-electron chi connectivity index (χ0n) is 10.9. The summed E-state index contributed by atoms with van der Waals surface area (Å²) in [6.07, 6.45) is 0. The number of halogens is 2. The number of hydrogen-bond acceptors (Lipinski definition) is 2. The van der Waals surface area contributed by atoms with Crippen molar-refractivity contribution in [3.8, 4) is 0 Å². The minimum Gasteiger partial charge on any atom is -0.399 e. The summed E-state index contributed by atoms with van der Waals surface area (Å²) in [4.78, 5) is 12.0. The van der Waals surface area contributed by atoms with E-state index in [-0.39, 0.29) is 5.56 Å². The normalized spacial score (nSPS) is 11.9. The molecular weight excluding hydrogens is 262 g/mol. The molecule has 0 aliphatic carbocycles. The molecule has 2 aromatic carbocycles. The van der Waals surface area contributed by atoms with Crippen LogP contribution in [0.2, 0.25) is 0 Å². The lowest BCUT2D eigenvalue weighted by Gasteiger charge is -2.16. The third kappa shape index (κ3) is 2.93. The molecular formula is C15H14F2N2O. The Morgan fingerprint density at radius 3 is 2.20 bits per heavy atom. The van der Waals surface area contributed by atoms with Crippen molar-refractivity contribution in [2.24, 2.45) is 0 Å². The Morgan fingerprint density at radius 2 is 1.65 bits per heavy atom. The zero-order valence-corrected chi connectivity index (χ0v) is 10.9. The molecule has 1 amide bonds. The highest BCUT2D eigenvalue weighted by atomic mass is 19.1. The van der Waals surface area contributed by atoms with Gasteiger partial charge in [0.05, 0.1) is 6.04 Å². The summed E-state index contributed by atoms with van der Waals surface area (Å²) < 4.78 is 27.2. The van der Waals surface area contributed by atoms with E-state index in [1.54, 1.807) is 24.3 Å². The van der Waals surface area contributed by atoms with Crippen molar-refractivity contribution < 1.29 is 13.6 Å². The average Bonchev–Trinajstić information content (AvgIpc) is 2.39. The number of carbonyl (C=O) groups excluding carboxylic acids is 1. The van der Waals surface area contributed by atoms with Gasteiger partial charge < -0.3 is 11.1 Å². The predicted octanol–water partition coefficient (Wildman–Crippen LogP) is 3.04. The molecule has 5 heteroatoms. The smallest absolute Gasteiger partial charge is 0.251 e. The maximum absolute atomic E-state index is 13.6. The van der Waals surface area contributed by atoms with Crippen LogP contribution in [0.15, 0.2) is 42.5 Å². The number of rotatable bonds is 3. The van der Waals surface area contributed by atoms with E-state index < -0.39 is 23.6 Å². The molecule has 0 radical (unpaired) electrons. The summed E-state index contributed by atoms with van der Waals surface area (Å²) in [5.74, 6) is -1.79. The van der Waals surface area contributed by atoms with Gasteiger partial charge in [-0.25, -0.2) is 8.78 Å². The van der Waals surface area contributed by atoms with E-state index in [4.69, 9.17) is 5.73 Å². The molecule has 0 aliphatic rings. The lowest BCUT2D eigenvalue weighted by atomic mass is 10.1. The van der Waals surface area contributed by atoms with E-state index in [0.29, 0.717) is 11.3 Å². The van der Waals surface area contributed by atoms with Crippen LogP contribution in [0.5, 0.6) is 0 Å². The van der Waals surface area contributed by atoms with Crippen molar-refractivity contribution in [3.05, 3.63) is 65.2 Å². The number of nitrogens with two attached hydrogens (primary N) is 1. The quantitative estimate of drug-likeness (QED) is 0.847. The Morgan fingerprint density at radius 1 is 1.10 bits per heavy atom. The third-order valence-electron chi connectivity index (χ3n) is 2.95. The van der Waals surface area contributed by atoms with Gasteiger partial charge in [0.25, 0.3) is 5.91 Å². The van der Waals surface area contributed by atoms with Gasteiger partial charge in [-0.05, 0) is 43.3 Å². The van der Waals surface area contributed by atoms with Crippen molar-refractivity contribution in [3.63, 3.8) is 0 Å². The Hall–Kier alpha value is -2.43. The van der Waals surface area contributed by atoms with Crippen molar-refractivity contribution in [2.75, 3.05) is 5.73 Å². The number of nitrogen functional groups attached to an aromatic ring is 1. The van der Waals surface area contributed by atoms with Crippen molar-refractivity contribution >= 4 is 11.6 Å².